The molecular weight excluding hydrogens is 476 g/mol. The first-order valence-corrected chi connectivity index (χ1v) is 12.9. The molecule has 184 valence electrons. The van der Waals surface area contributed by atoms with E-state index in [-0.39, 0.29) is 18.0 Å². The Hall–Kier alpha value is -3.56. The van der Waals surface area contributed by atoms with Crippen LogP contribution in [0.2, 0.25) is 0 Å². The van der Waals surface area contributed by atoms with Crippen molar-refractivity contribution >= 4 is 35.1 Å². The van der Waals surface area contributed by atoms with E-state index in [1.165, 1.54) is 11.8 Å². The van der Waals surface area contributed by atoms with Gasteiger partial charge in [0.1, 0.15) is 21.8 Å². The number of para-hydroxylation sites is 1. The normalized spacial score (nSPS) is 22.5. The maximum atomic E-state index is 13.4. The third-order valence-corrected chi connectivity index (χ3v) is 7.95. The maximum Gasteiger partial charge on any atom is 0.327 e. The molecule has 1 aromatic heterocycles. The van der Waals surface area contributed by atoms with Crippen molar-refractivity contribution in [2.75, 3.05) is 18.1 Å². The Morgan fingerprint density at radius 2 is 2.03 bits per heavy atom. The zero-order valence-electron chi connectivity index (χ0n) is 19.8. The van der Waals surface area contributed by atoms with Gasteiger partial charge in [-0.25, -0.2) is 9.78 Å². The summed E-state index contributed by atoms with van der Waals surface area (Å²) in [4.78, 5) is 32.8. The molecule has 4 heterocycles. The molecule has 36 heavy (non-hydrogen) atoms. The number of anilines is 2. The zero-order valence-corrected chi connectivity index (χ0v) is 20.6. The monoisotopic (exact) mass is 502 g/mol. The summed E-state index contributed by atoms with van der Waals surface area (Å²) in [5, 5.41) is 6.47. The van der Waals surface area contributed by atoms with Crippen LogP contribution in [0.3, 0.4) is 0 Å². The van der Waals surface area contributed by atoms with E-state index < -0.39 is 11.3 Å². The van der Waals surface area contributed by atoms with E-state index in [2.05, 4.69) is 15.6 Å². The summed E-state index contributed by atoms with van der Waals surface area (Å²) in [6, 6.07) is 16.4. The topological polar surface area (TPSA) is 92.8 Å². The molecule has 3 amide bonds. The second-order valence-electron chi connectivity index (χ2n) is 9.14. The Balaban J connectivity index is 1.27. The van der Waals surface area contributed by atoms with Crippen molar-refractivity contribution in [3.63, 3.8) is 0 Å². The highest BCUT2D eigenvalue weighted by Crippen LogP contribution is 2.51. The van der Waals surface area contributed by atoms with Crippen LogP contribution in [0.25, 0.3) is 0 Å². The highest BCUT2D eigenvalue weighted by atomic mass is 32.2. The third kappa shape index (κ3) is 4.18. The van der Waals surface area contributed by atoms with Crippen LogP contribution in [-0.2, 0) is 9.53 Å². The molecule has 3 aromatic rings. The van der Waals surface area contributed by atoms with Gasteiger partial charge in [-0.15, -0.1) is 0 Å². The van der Waals surface area contributed by atoms with Crippen LogP contribution in [0.5, 0.6) is 11.5 Å². The number of benzene rings is 2. The fraction of sp³-hybridized carbons (Fsp3) is 0.296. The summed E-state index contributed by atoms with van der Waals surface area (Å²) >= 11 is 1.40. The number of carbonyl (C=O) groups excluding carboxylic acids is 2. The van der Waals surface area contributed by atoms with E-state index in [1.54, 1.807) is 11.1 Å². The average Bonchev–Trinajstić information content (AvgIpc) is 3.26. The molecule has 0 aliphatic carbocycles. The number of pyridine rings is 1. The van der Waals surface area contributed by atoms with Crippen LogP contribution in [0.15, 0.2) is 65.8 Å². The van der Waals surface area contributed by atoms with Gasteiger partial charge < -0.3 is 20.1 Å². The molecule has 0 spiro atoms. The molecule has 2 unspecified atom stereocenters. The Morgan fingerprint density at radius 1 is 1.17 bits per heavy atom. The summed E-state index contributed by atoms with van der Waals surface area (Å²) in [5.74, 6) is 1.34. The molecule has 0 radical (unpaired) electrons. The second kappa shape index (κ2) is 9.48. The van der Waals surface area contributed by atoms with Crippen molar-refractivity contribution in [3.8, 4) is 11.5 Å². The fourth-order valence-corrected chi connectivity index (χ4v) is 6.21. The number of carbonyl (C=O) groups is 2. The van der Waals surface area contributed by atoms with E-state index in [1.807, 2.05) is 61.5 Å². The number of urea groups is 1. The summed E-state index contributed by atoms with van der Waals surface area (Å²) in [5.41, 5.74) is 3.26. The maximum absolute atomic E-state index is 13.4. The number of aromatic nitrogens is 1. The number of ether oxygens (including phenoxy) is 2. The molecule has 1 fully saturated rings. The first-order chi connectivity index (χ1) is 17.6. The van der Waals surface area contributed by atoms with E-state index in [0.717, 1.165) is 52.7 Å². The van der Waals surface area contributed by atoms with Crippen molar-refractivity contribution < 1.29 is 19.1 Å². The number of nitrogens with zero attached hydrogens (tertiary/aromatic N) is 2. The van der Waals surface area contributed by atoms with Crippen LogP contribution in [0, 0.1) is 6.92 Å². The fourth-order valence-electron chi connectivity index (χ4n) is 4.97. The summed E-state index contributed by atoms with van der Waals surface area (Å²) < 4.78 is 11.5. The van der Waals surface area contributed by atoms with Gasteiger partial charge in [0, 0.05) is 18.4 Å². The second-order valence-corrected chi connectivity index (χ2v) is 10.3. The molecule has 0 saturated carbocycles. The van der Waals surface area contributed by atoms with Crippen molar-refractivity contribution in [3.05, 3.63) is 71.9 Å². The van der Waals surface area contributed by atoms with Gasteiger partial charge in [-0.3, -0.25) is 9.69 Å². The van der Waals surface area contributed by atoms with Gasteiger partial charge in [-0.2, -0.15) is 0 Å². The van der Waals surface area contributed by atoms with Crippen molar-refractivity contribution in [2.24, 2.45) is 0 Å². The lowest BCUT2D eigenvalue weighted by Gasteiger charge is -2.35. The van der Waals surface area contributed by atoms with Gasteiger partial charge in [0.2, 0.25) is 5.91 Å². The number of rotatable bonds is 5. The van der Waals surface area contributed by atoms with Crippen molar-refractivity contribution in [2.45, 2.75) is 42.1 Å². The minimum Gasteiger partial charge on any atom is -0.457 e. The number of hydrogen-bond donors (Lipinski definition) is 2. The summed E-state index contributed by atoms with van der Waals surface area (Å²) in [6.45, 7) is 3.20. The highest BCUT2D eigenvalue weighted by molar-refractivity contribution is 8.01. The molecule has 0 bridgehead atoms. The lowest BCUT2D eigenvalue weighted by molar-refractivity contribution is -0.122. The lowest BCUT2D eigenvalue weighted by atomic mass is 9.99. The Bertz CT molecular complexity index is 1310. The predicted molar refractivity (Wildman–Crippen MR) is 137 cm³/mol. The van der Waals surface area contributed by atoms with Crippen LogP contribution in [0.4, 0.5) is 16.2 Å². The number of thioether (sulfide) groups is 1. The number of hydrogen-bond acceptors (Lipinski definition) is 6. The van der Waals surface area contributed by atoms with Gasteiger partial charge in [-0.1, -0.05) is 30.0 Å². The zero-order chi connectivity index (χ0) is 24.6. The summed E-state index contributed by atoms with van der Waals surface area (Å²) in [6.07, 6.45) is 3.52. The minimum absolute atomic E-state index is 0.00180. The average molecular weight is 503 g/mol. The molecule has 3 aliphatic rings. The first kappa shape index (κ1) is 22.9. The molecule has 2 aromatic carbocycles. The van der Waals surface area contributed by atoms with E-state index in [4.69, 9.17) is 9.47 Å². The Kier molecular flexibility index (Phi) is 6.02. The van der Waals surface area contributed by atoms with Crippen LogP contribution >= 0.6 is 11.8 Å². The minimum atomic E-state index is -0.482. The number of amides is 3. The van der Waals surface area contributed by atoms with Gasteiger partial charge in [0.25, 0.3) is 0 Å². The van der Waals surface area contributed by atoms with Crippen molar-refractivity contribution in [1.29, 1.82) is 0 Å². The smallest absolute Gasteiger partial charge is 0.327 e. The lowest BCUT2D eigenvalue weighted by Crippen LogP contribution is -2.51. The molecule has 8 nitrogen and oxygen atoms in total. The van der Waals surface area contributed by atoms with Crippen molar-refractivity contribution in [1.82, 2.24) is 15.6 Å². The molecule has 2 N–H and O–H groups in total. The SMILES string of the molecule is Cc1cc(Oc2ccccc2)ccc1N1C(=O)NC2c3c1ccnc3S[C@@H]2C(=O)NC1CCCOC1. The van der Waals surface area contributed by atoms with Gasteiger partial charge in [0.05, 0.1) is 30.1 Å². The van der Waals surface area contributed by atoms with Crippen LogP contribution < -0.4 is 20.3 Å². The third-order valence-electron chi connectivity index (χ3n) is 6.66. The Morgan fingerprint density at radius 3 is 2.81 bits per heavy atom. The molecule has 9 heteroatoms. The quantitative estimate of drug-likeness (QED) is 0.518. The molecule has 3 aliphatic heterocycles. The van der Waals surface area contributed by atoms with E-state index in [9.17, 15) is 9.59 Å². The van der Waals surface area contributed by atoms with E-state index in [0.29, 0.717) is 12.4 Å². The molecule has 6 rings (SSSR count). The highest BCUT2D eigenvalue weighted by Gasteiger charge is 2.47. The number of nitrogens with one attached hydrogen (secondary N) is 2. The first-order valence-electron chi connectivity index (χ1n) is 12.1. The van der Waals surface area contributed by atoms with Crippen LogP contribution in [0.1, 0.15) is 30.0 Å². The molecule has 1 saturated heterocycles. The number of aryl methyl sites for hydroxylation is 1. The largest absolute Gasteiger partial charge is 0.457 e. The molecule has 3 atom stereocenters. The summed E-state index contributed by atoms with van der Waals surface area (Å²) in [7, 11) is 0. The van der Waals surface area contributed by atoms with Gasteiger partial charge in [0.15, 0.2) is 0 Å². The van der Waals surface area contributed by atoms with Gasteiger partial charge in [-0.05, 0) is 61.7 Å². The van der Waals surface area contributed by atoms with Crippen LogP contribution in [-0.4, -0.2) is 41.4 Å². The predicted octanol–water partition coefficient (Wildman–Crippen LogP) is 4.85. The molecular formula is C27H26N4O4S. The van der Waals surface area contributed by atoms with Gasteiger partial charge >= 0.3 is 6.03 Å². The Labute approximate surface area is 213 Å². The van der Waals surface area contributed by atoms with E-state index >= 15 is 0 Å². The standard InChI is InChI=1S/C27H26N4O4S/c1-16-14-19(35-18-7-3-2-4-8-18)9-10-20(16)31-21-11-12-28-26-22(21)23(30-27(31)33)24(36-26)25(32)29-17-6-5-13-34-15-17/h2-4,7-12,14,17,23-24H,5-6,13,15H2,1H3,(H,29,32)(H,30,33)/t17?,23?,24-/m0/s1.